The first-order chi connectivity index (χ1) is 28.6. The summed E-state index contributed by atoms with van der Waals surface area (Å²) in [6, 6.07) is 26.1. The van der Waals surface area contributed by atoms with E-state index in [1.165, 1.54) is 6.07 Å². The molecule has 0 aliphatic rings. The van der Waals surface area contributed by atoms with Gasteiger partial charge in [-0.05, 0) is 91.6 Å². The molecule has 14 heteroatoms. The molecule has 0 aliphatic carbocycles. The minimum Gasteiger partial charge on any atom is -0.491 e. The summed E-state index contributed by atoms with van der Waals surface area (Å²) < 4.78 is 46.0. The number of ether oxygens (including phenoxy) is 2. The topological polar surface area (TPSA) is 160 Å². The van der Waals surface area contributed by atoms with Crippen molar-refractivity contribution in [2.24, 2.45) is 0 Å². The molecule has 306 valence electrons. The van der Waals surface area contributed by atoms with E-state index in [1.807, 2.05) is 54.6 Å². The van der Waals surface area contributed by atoms with E-state index in [-0.39, 0.29) is 48.9 Å². The van der Waals surface area contributed by atoms with Gasteiger partial charge in [0, 0.05) is 56.1 Å². The summed E-state index contributed by atoms with van der Waals surface area (Å²) in [4.78, 5) is 52.4. The van der Waals surface area contributed by atoms with E-state index >= 15 is 0 Å². The standard InChI is InChI=1S/C45H44F2N4O8/c1-2-3-6-14-43(53)51(29-33-26-34(46)19-24-38(33)47)40(30-57-35-22-17-32(18-23-35)41-27-39(45(55)56)50-59-41)44(54)48-25-10-5-9-13-42(52)49-28-31-15-20-37(21-16-31)58-36-11-7-4-8-12-36/h1,4,7-8,11-12,15-24,26-27,40H,3,5-6,9-10,13-14,25,28-30H2,(H,48,54)(H,49,52)(H,55,56). The van der Waals surface area contributed by atoms with Crippen LogP contribution in [0.15, 0.2) is 108 Å². The molecule has 0 bridgehead atoms. The van der Waals surface area contributed by atoms with Gasteiger partial charge in [0.15, 0.2) is 11.5 Å². The zero-order chi connectivity index (χ0) is 42.0. The lowest BCUT2D eigenvalue weighted by atomic mass is 10.1. The van der Waals surface area contributed by atoms with Crippen molar-refractivity contribution < 1.29 is 47.1 Å². The number of hydrogen-bond donors (Lipinski definition) is 3. The van der Waals surface area contributed by atoms with Gasteiger partial charge in [-0.2, -0.15) is 0 Å². The normalized spacial score (nSPS) is 11.2. The van der Waals surface area contributed by atoms with E-state index in [2.05, 4.69) is 21.7 Å². The highest BCUT2D eigenvalue weighted by Crippen LogP contribution is 2.25. The van der Waals surface area contributed by atoms with Crippen LogP contribution < -0.4 is 20.1 Å². The van der Waals surface area contributed by atoms with Crippen molar-refractivity contribution in [3.05, 3.63) is 132 Å². The predicted octanol–water partition coefficient (Wildman–Crippen LogP) is 7.68. The molecule has 5 rings (SSSR count). The number of benzene rings is 4. The molecule has 4 aromatic carbocycles. The largest absolute Gasteiger partial charge is 0.491 e. The first-order valence-corrected chi connectivity index (χ1v) is 19.1. The van der Waals surface area contributed by atoms with Crippen LogP contribution in [0.2, 0.25) is 0 Å². The first kappa shape index (κ1) is 43.1. The number of carboxylic acids is 1. The molecule has 3 amide bonds. The molecule has 1 unspecified atom stereocenters. The number of para-hydroxylation sites is 1. The maximum absolute atomic E-state index is 14.9. The van der Waals surface area contributed by atoms with Gasteiger partial charge in [-0.3, -0.25) is 14.4 Å². The molecule has 0 fully saturated rings. The second-order valence-electron chi connectivity index (χ2n) is 13.5. The Hall–Kier alpha value is -7.01. The van der Waals surface area contributed by atoms with Gasteiger partial charge in [-0.1, -0.05) is 41.9 Å². The number of unbranched alkanes of at least 4 members (excludes halogenated alkanes) is 3. The van der Waals surface area contributed by atoms with Crippen LogP contribution in [0.4, 0.5) is 8.78 Å². The average Bonchev–Trinajstić information content (AvgIpc) is 3.74. The highest BCUT2D eigenvalue weighted by atomic mass is 19.1. The first-order valence-electron chi connectivity index (χ1n) is 19.1. The van der Waals surface area contributed by atoms with E-state index in [0.29, 0.717) is 55.7 Å². The second kappa shape index (κ2) is 22.1. The van der Waals surface area contributed by atoms with E-state index in [9.17, 15) is 28.0 Å². The Kier molecular flexibility index (Phi) is 16.1. The van der Waals surface area contributed by atoms with Crippen LogP contribution in [0.1, 0.15) is 66.6 Å². The van der Waals surface area contributed by atoms with Crippen molar-refractivity contribution in [3.8, 4) is 40.9 Å². The lowest BCUT2D eigenvalue weighted by Crippen LogP contribution is -2.52. The quantitative estimate of drug-likeness (QED) is 0.0471. The van der Waals surface area contributed by atoms with E-state index in [0.717, 1.165) is 34.4 Å². The third kappa shape index (κ3) is 13.6. The third-order valence-electron chi connectivity index (χ3n) is 9.11. The highest BCUT2D eigenvalue weighted by molar-refractivity contribution is 5.88. The summed E-state index contributed by atoms with van der Waals surface area (Å²) in [5.41, 5.74) is 1.04. The Labute approximate surface area is 340 Å². The molecule has 1 aromatic heterocycles. The Morgan fingerprint density at radius 2 is 1.56 bits per heavy atom. The maximum Gasteiger partial charge on any atom is 0.358 e. The van der Waals surface area contributed by atoms with Crippen LogP contribution in [0, 0.1) is 24.0 Å². The molecule has 0 radical (unpaired) electrons. The molecule has 59 heavy (non-hydrogen) atoms. The summed E-state index contributed by atoms with van der Waals surface area (Å²) in [5.74, 6) is 0.493. The Bertz CT molecular complexity index is 2210. The summed E-state index contributed by atoms with van der Waals surface area (Å²) in [6.07, 6.45) is 7.94. The lowest BCUT2D eigenvalue weighted by molar-refractivity contribution is -0.142. The minimum absolute atomic E-state index is 0.0504. The number of halogens is 2. The number of carbonyl (C=O) groups excluding carboxylic acids is 3. The number of aromatic nitrogens is 1. The molecule has 3 N–H and O–H groups in total. The monoisotopic (exact) mass is 806 g/mol. The molecule has 12 nitrogen and oxygen atoms in total. The van der Waals surface area contributed by atoms with Crippen LogP contribution in [0.25, 0.3) is 11.3 Å². The molecule has 0 saturated heterocycles. The van der Waals surface area contributed by atoms with Crippen molar-refractivity contribution in [1.82, 2.24) is 20.7 Å². The van der Waals surface area contributed by atoms with Crippen LogP contribution in [0.3, 0.4) is 0 Å². The van der Waals surface area contributed by atoms with E-state index in [1.54, 1.807) is 24.3 Å². The Morgan fingerprint density at radius 1 is 0.831 bits per heavy atom. The molecule has 1 atom stereocenters. The SMILES string of the molecule is C#CCCCC(=O)N(Cc1cc(F)ccc1F)C(COc1ccc(-c2cc(C(=O)O)no2)cc1)C(=O)NCCCCCC(=O)NCc1ccc(Oc2ccccc2)cc1. The molecule has 0 spiro atoms. The predicted molar refractivity (Wildman–Crippen MR) is 214 cm³/mol. The summed E-state index contributed by atoms with van der Waals surface area (Å²) in [7, 11) is 0. The summed E-state index contributed by atoms with van der Waals surface area (Å²) >= 11 is 0. The Balaban J connectivity index is 1.16. The average molecular weight is 807 g/mol. The van der Waals surface area contributed by atoms with Gasteiger partial charge in [0.25, 0.3) is 0 Å². The number of amides is 3. The number of hydrogen-bond acceptors (Lipinski definition) is 8. The van der Waals surface area contributed by atoms with Gasteiger partial charge in [0.1, 0.15) is 41.5 Å². The number of carboxylic acid groups (broad SMARTS) is 1. The van der Waals surface area contributed by atoms with Gasteiger partial charge in [0.2, 0.25) is 17.7 Å². The number of carbonyl (C=O) groups is 4. The number of nitrogens with zero attached hydrogens (tertiary/aromatic N) is 2. The van der Waals surface area contributed by atoms with E-state index < -0.39 is 42.0 Å². The lowest BCUT2D eigenvalue weighted by Gasteiger charge is -2.31. The van der Waals surface area contributed by atoms with Crippen molar-refractivity contribution in [1.29, 1.82) is 0 Å². The van der Waals surface area contributed by atoms with Crippen LogP contribution in [-0.2, 0) is 27.5 Å². The van der Waals surface area contributed by atoms with Crippen molar-refractivity contribution in [2.45, 2.75) is 64.1 Å². The molecule has 0 aliphatic heterocycles. The number of nitrogens with one attached hydrogen (secondary N) is 2. The number of terminal acetylenes is 1. The summed E-state index contributed by atoms with van der Waals surface area (Å²) in [6.45, 7) is -0.193. The van der Waals surface area contributed by atoms with Crippen molar-refractivity contribution in [3.63, 3.8) is 0 Å². The number of aromatic carboxylic acids is 1. The van der Waals surface area contributed by atoms with Crippen molar-refractivity contribution in [2.75, 3.05) is 13.2 Å². The maximum atomic E-state index is 14.9. The number of rotatable bonds is 22. The fourth-order valence-electron chi connectivity index (χ4n) is 5.92. The molecule has 1 heterocycles. The molecule has 5 aromatic rings. The smallest absolute Gasteiger partial charge is 0.358 e. The summed E-state index contributed by atoms with van der Waals surface area (Å²) in [5, 5.41) is 18.4. The fourth-order valence-corrected chi connectivity index (χ4v) is 5.92. The zero-order valence-electron chi connectivity index (χ0n) is 32.2. The molecular weight excluding hydrogens is 763 g/mol. The van der Waals surface area contributed by atoms with Gasteiger partial charge < -0.3 is 34.6 Å². The second-order valence-corrected chi connectivity index (χ2v) is 13.5. The van der Waals surface area contributed by atoms with Crippen LogP contribution in [-0.4, -0.2) is 58.0 Å². The molecule has 0 saturated carbocycles. The van der Waals surface area contributed by atoms with Gasteiger partial charge >= 0.3 is 5.97 Å². The van der Waals surface area contributed by atoms with Crippen LogP contribution >= 0.6 is 0 Å². The fraction of sp³-hybridized carbons (Fsp3) is 0.267. The highest BCUT2D eigenvalue weighted by Gasteiger charge is 2.31. The van der Waals surface area contributed by atoms with E-state index in [4.69, 9.17) is 25.5 Å². The minimum atomic E-state index is -1.27. The van der Waals surface area contributed by atoms with Gasteiger partial charge in [-0.15, -0.1) is 12.3 Å². The molecular formula is C45H44F2N4O8. The van der Waals surface area contributed by atoms with Gasteiger partial charge in [-0.25, -0.2) is 13.6 Å². The van der Waals surface area contributed by atoms with Crippen LogP contribution in [0.5, 0.6) is 17.2 Å². The third-order valence-corrected chi connectivity index (χ3v) is 9.11. The van der Waals surface area contributed by atoms with Crippen molar-refractivity contribution >= 4 is 23.7 Å². The van der Waals surface area contributed by atoms with Gasteiger partial charge in [0.05, 0.1) is 0 Å². The zero-order valence-corrected chi connectivity index (χ0v) is 32.2. The Morgan fingerprint density at radius 3 is 2.27 bits per heavy atom.